The van der Waals surface area contributed by atoms with Crippen LogP contribution in [-0.2, 0) is 0 Å². The van der Waals surface area contributed by atoms with Gasteiger partial charge in [0.15, 0.2) is 0 Å². The second-order valence-electron chi connectivity index (χ2n) is 5.59. The van der Waals surface area contributed by atoms with Crippen molar-refractivity contribution >= 4 is 17.3 Å². The summed E-state index contributed by atoms with van der Waals surface area (Å²) in [6.45, 7) is 8.68. The van der Waals surface area contributed by atoms with Crippen molar-refractivity contribution in [3.8, 4) is 0 Å². The fourth-order valence-corrected chi connectivity index (χ4v) is 2.49. The molecule has 0 radical (unpaired) electrons. The van der Waals surface area contributed by atoms with Crippen LogP contribution in [0.25, 0.3) is 0 Å². The van der Waals surface area contributed by atoms with Crippen molar-refractivity contribution < 1.29 is 0 Å². The Balaban J connectivity index is 2.89. The first-order valence-electron chi connectivity index (χ1n) is 6.60. The molecule has 0 heterocycles. The third kappa shape index (κ3) is 3.89. The van der Waals surface area contributed by atoms with Gasteiger partial charge in [0.25, 0.3) is 0 Å². The van der Waals surface area contributed by atoms with E-state index >= 15 is 0 Å². The lowest BCUT2D eigenvalue weighted by molar-refractivity contribution is 0.504. The number of halogens is 1. The zero-order valence-corrected chi connectivity index (χ0v) is 12.8. The average Bonchev–Trinajstić information content (AvgIpc) is 2.26. The molecule has 0 aromatic heterocycles. The van der Waals surface area contributed by atoms with Crippen molar-refractivity contribution in [2.24, 2.45) is 11.7 Å². The molecular weight excluding hydrogens is 244 g/mol. The Morgan fingerprint density at radius 3 is 2.28 bits per heavy atom. The quantitative estimate of drug-likeness (QED) is 0.866. The Hall–Kier alpha value is -0.730. The highest BCUT2D eigenvalue weighted by molar-refractivity contribution is 6.33. The molecule has 0 bridgehead atoms. The maximum atomic E-state index is 6.35. The minimum Gasteiger partial charge on any atom is -0.371 e. The van der Waals surface area contributed by atoms with Gasteiger partial charge < -0.3 is 10.6 Å². The van der Waals surface area contributed by atoms with Crippen molar-refractivity contribution in [1.29, 1.82) is 0 Å². The first-order valence-corrected chi connectivity index (χ1v) is 6.98. The van der Waals surface area contributed by atoms with E-state index in [-0.39, 0.29) is 6.04 Å². The van der Waals surface area contributed by atoms with Gasteiger partial charge in [-0.05, 0) is 43.9 Å². The van der Waals surface area contributed by atoms with Crippen molar-refractivity contribution in [3.63, 3.8) is 0 Å². The molecule has 2 nitrogen and oxygen atoms in total. The summed E-state index contributed by atoms with van der Waals surface area (Å²) < 4.78 is 0. The molecule has 18 heavy (non-hydrogen) atoms. The van der Waals surface area contributed by atoms with Gasteiger partial charge in [-0.25, -0.2) is 0 Å². The van der Waals surface area contributed by atoms with Gasteiger partial charge in [0, 0.05) is 19.1 Å². The zero-order chi connectivity index (χ0) is 13.9. The highest BCUT2D eigenvalue weighted by atomic mass is 35.5. The van der Waals surface area contributed by atoms with Crippen molar-refractivity contribution in [3.05, 3.63) is 28.8 Å². The molecule has 0 aliphatic heterocycles. The van der Waals surface area contributed by atoms with Gasteiger partial charge in [0.2, 0.25) is 0 Å². The molecule has 0 aliphatic rings. The Morgan fingerprint density at radius 2 is 1.83 bits per heavy atom. The molecule has 102 valence electrons. The van der Waals surface area contributed by atoms with E-state index in [1.54, 1.807) is 0 Å². The van der Waals surface area contributed by atoms with E-state index in [2.05, 4.69) is 44.9 Å². The fourth-order valence-electron chi connectivity index (χ4n) is 2.17. The standard InChI is InChI=1S/C15H25ClN2/c1-10(2)8-11(3)18(5)15-7-6-13(12(4)17)9-14(15)16/h6-7,9-12H,8,17H2,1-5H3. The molecule has 1 aromatic rings. The predicted octanol–water partition coefficient (Wildman–Crippen LogP) is 4.23. The van der Waals surface area contributed by atoms with Gasteiger partial charge in [-0.15, -0.1) is 0 Å². The summed E-state index contributed by atoms with van der Waals surface area (Å²) in [6, 6.07) is 6.60. The summed E-state index contributed by atoms with van der Waals surface area (Å²) in [6.07, 6.45) is 1.15. The van der Waals surface area contributed by atoms with Gasteiger partial charge in [-0.3, -0.25) is 0 Å². The van der Waals surface area contributed by atoms with Crippen LogP contribution < -0.4 is 10.6 Å². The second kappa shape index (κ2) is 6.44. The highest BCUT2D eigenvalue weighted by Gasteiger charge is 2.15. The van der Waals surface area contributed by atoms with Crippen LogP contribution in [0.2, 0.25) is 5.02 Å². The van der Waals surface area contributed by atoms with E-state index < -0.39 is 0 Å². The lowest BCUT2D eigenvalue weighted by atomic mass is 10.0. The van der Waals surface area contributed by atoms with Gasteiger partial charge >= 0.3 is 0 Å². The Morgan fingerprint density at radius 1 is 1.22 bits per heavy atom. The Labute approximate surface area is 116 Å². The minimum absolute atomic E-state index is 0.0231. The monoisotopic (exact) mass is 268 g/mol. The fraction of sp³-hybridized carbons (Fsp3) is 0.600. The van der Waals surface area contributed by atoms with Crippen LogP contribution in [0.4, 0.5) is 5.69 Å². The van der Waals surface area contributed by atoms with Crippen LogP contribution in [0, 0.1) is 5.92 Å². The van der Waals surface area contributed by atoms with E-state index in [0.717, 1.165) is 22.7 Å². The summed E-state index contributed by atoms with van der Waals surface area (Å²) in [4.78, 5) is 2.24. The maximum Gasteiger partial charge on any atom is 0.0642 e. The molecule has 2 N–H and O–H groups in total. The number of rotatable bonds is 5. The molecule has 1 rings (SSSR count). The number of nitrogens with zero attached hydrogens (tertiary/aromatic N) is 1. The van der Waals surface area contributed by atoms with E-state index in [4.69, 9.17) is 17.3 Å². The second-order valence-corrected chi connectivity index (χ2v) is 6.00. The molecular formula is C15H25ClN2. The molecule has 0 aliphatic carbocycles. The number of benzene rings is 1. The van der Waals surface area contributed by atoms with E-state index in [0.29, 0.717) is 12.0 Å². The van der Waals surface area contributed by atoms with Crippen LogP contribution in [0.15, 0.2) is 18.2 Å². The topological polar surface area (TPSA) is 29.3 Å². The number of hydrogen-bond donors (Lipinski definition) is 1. The van der Waals surface area contributed by atoms with Gasteiger partial charge in [0.05, 0.1) is 10.7 Å². The van der Waals surface area contributed by atoms with Crippen LogP contribution >= 0.6 is 11.6 Å². The number of nitrogens with two attached hydrogens (primary N) is 1. The summed E-state index contributed by atoms with van der Waals surface area (Å²) in [5.74, 6) is 0.685. The highest BCUT2D eigenvalue weighted by Crippen LogP contribution is 2.30. The van der Waals surface area contributed by atoms with Crippen LogP contribution in [0.3, 0.4) is 0 Å². The summed E-state index contributed by atoms with van der Waals surface area (Å²) in [7, 11) is 2.10. The summed E-state index contributed by atoms with van der Waals surface area (Å²) in [5, 5.41) is 0.780. The Kier molecular flexibility index (Phi) is 5.48. The number of hydrogen-bond acceptors (Lipinski definition) is 2. The summed E-state index contributed by atoms with van der Waals surface area (Å²) in [5.41, 5.74) is 8.02. The molecule has 0 amide bonds. The SMILES string of the molecule is CC(C)CC(C)N(C)c1ccc(C(C)N)cc1Cl. The molecule has 1 aromatic carbocycles. The largest absolute Gasteiger partial charge is 0.371 e. The van der Waals surface area contributed by atoms with Crippen LogP contribution in [-0.4, -0.2) is 13.1 Å². The third-order valence-corrected chi connectivity index (χ3v) is 3.65. The predicted molar refractivity (Wildman–Crippen MR) is 81.4 cm³/mol. The first kappa shape index (κ1) is 15.3. The van der Waals surface area contributed by atoms with Gasteiger partial charge in [-0.2, -0.15) is 0 Å². The number of anilines is 1. The third-order valence-electron chi connectivity index (χ3n) is 3.35. The molecule has 2 unspecified atom stereocenters. The van der Waals surface area contributed by atoms with Crippen molar-refractivity contribution in [1.82, 2.24) is 0 Å². The average molecular weight is 269 g/mol. The minimum atomic E-state index is 0.0231. The van der Waals surface area contributed by atoms with E-state index in [1.165, 1.54) is 0 Å². The smallest absolute Gasteiger partial charge is 0.0642 e. The molecule has 0 saturated carbocycles. The van der Waals surface area contributed by atoms with Gasteiger partial charge in [-0.1, -0.05) is 31.5 Å². The molecule has 0 spiro atoms. The maximum absolute atomic E-state index is 6.35. The van der Waals surface area contributed by atoms with Crippen molar-refractivity contribution in [2.45, 2.75) is 46.2 Å². The van der Waals surface area contributed by atoms with Crippen molar-refractivity contribution in [2.75, 3.05) is 11.9 Å². The normalized spacial score (nSPS) is 14.7. The lowest BCUT2D eigenvalue weighted by Gasteiger charge is -2.29. The molecule has 3 heteroatoms. The lowest BCUT2D eigenvalue weighted by Crippen LogP contribution is -2.30. The molecule has 0 saturated heterocycles. The summed E-state index contributed by atoms with van der Waals surface area (Å²) >= 11 is 6.35. The van der Waals surface area contributed by atoms with E-state index in [9.17, 15) is 0 Å². The van der Waals surface area contributed by atoms with Crippen LogP contribution in [0.5, 0.6) is 0 Å². The van der Waals surface area contributed by atoms with Gasteiger partial charge in [0.1, 0.15) is 0 Å². The van der Waals surface area contributed by atoms with E-state index in [1.807, 2.05) is 13.0 Å². The molecule has 2 atom stereocenters. The molecule has 0 fully saturated rings. The van der Waals surface area contributed by atoms with Crippen LogP contribution in [0.1, 0.15) is 45.7 Å². The zero-order valence-electron chi connectivity index (χ0n) is 12.1. The first-order chi connectivity index (χ1) is 8.32. The Bertz CT molecular complexity index is 388.